The molecule has 0 bridgehead atoms. The van der Waals surface area contributed by atoms with E-state index in [0.717, 1.165) is 0 Å². The first-order valence-corrected chi connectivity index (χ1v) is 2.43. The zero-order chi connectivity index (χ0) is 6.85. The van der Waals surface area contributed by atoms with Gasteiger partial charge in [-0.1, -0.05) is 6.07 Å². The molecule has 0 unspecified atom stereocenters. The van der Waals surface area contributed by atoms with Crippen molar-refractivity contribution in [3.05, 3.63) is 23.7 Å². The van der Waals surface area contributed by atoms with Crippen LogP contribution in [0.4, 0.5) is 5.82 Å². The number of nitrogen functional groups attached to an aromatic ring is 1. The summed E-state index contributed by atoms with van der Waals surface area (Å²) in [5.41, 5.74) is 5.20. The van der Waals surface area contributed by atoms with Crippen molar-refractivity contribution in [3.8, 4) is 0 Å². The van der Waals surface area contributed by atoms with Gasteiger partial charge in [0.25, 0.3) is 0 Å². The van der Waals surface area contributed by atoms with Crippen molar-refractivity contribution in [1.29, 1.82) is 5.41 Å². The number of hydrogen-bond acceptors (Lipinski definition) is 3. The molecule has 4 N–H and O–H groups in total. The Hall–Kier alpha value is -1.45. The molecular formula is C5H7N3O. The lowest BCUT2D eigenvalue weighted by atomic mass is 10.5. The number of nitrogens with two attached hydrogens (primary N) is 1. The van der Waals surface area contributed by atoms with Crippen LogP contribution in [0.2, 0.25) is 0 Å². The Kier molecular flexibility index (Phi) is 1.14. The van der Waals surface area contributed by atoms with E-state index in [0.29, 0.717) is 4.73 Å². The summed E-state index contributed by atoms with van der Waals surface area (Å²) in [5, 5.41) is 15.8. The topological polar surface area (TPSA) is 75.0 Å². The number of nitrogens with one attached hydrogen (secondary N) is 1. The first-order valence-electron chi connectivity index (χ1n) is 2.43. The first kappa shape index (κ1) is 5.68. The fraction of sp³-hybridized carbons (Fsp3) is 0. The molecule has 0 saturated heterocycles. The van der Waals surface area contributed by atoms with E-state index < -0.39 is 0 Å². The Bertz CT molecular complexity index is 265. The van der Waals surface area contributed by atoms with Crippen molar-refractivity contribution < 1.29 is 5.21 Å². The van der Waals surface area contributed by atoms with Crippen LogP contribution in [0.3, 0.4) is 0 Å². The number of aromatic nitrogens is 1. The number of anilines is 1. The molecule has 0 aliphatic heterocycles. The van der Waals surface area contributed by atoms with Crippen LogP contribution in [0.25, 0.3) is 0 Å². The Labute approximate surface area is 51.6 Å². The summed E-state index contributed by atoms with van der Waals surface area (Å²) in [6.07, 6.45) is 0. The second-order valence-electron chi connectivity index (χ2n) is 1.65. The number of nitrogens with zero attached hydrogens (tertiary/aromatic N) is 1. The molecule has 4 nitrogen and oxygen atoms in total. The van der Waals surface area contributed by atoms with E-state index in [-0.39, 0.29) is 11.3 Å². The lowest BCUT2D eigenvalue weighted by Gasteiger charge is -1.98. The molecule has 48 valence electrons. The Morgan fingerprint density at radius 3 is 2.67 bits per heavy atom. The second kappa shape index (κ2) is 1.81. The molecule has 0 saturated carbocycles. The summed E-state index contributed by atoms with van der Waals surface area (Å²) in [7, 11) is 0. The molecule has 9 heavy (non-hydrogen) atoms. The molecule has 0 aliphatic rings. The lowest BCUT2D eigenvalue weighted by Crippen LogP contribution is -2.18. The highest BCUT2D eigenvalue weighted by Crippen LogP contribution is 1.90. The molecule has 4 heteroatoms. The molecule has 1 heterocycles. The minimum Gasteiger partial charge on any atom is -0.425 e. The quantitative estimate of drug-likeness (QED) is 0.419. The predicted octanol–water partition coefficient (Wildman–Crippen LogP) is -0.213. The van der Waals surface area contributed by atoms with E-state index in [1.165, 1.54) is 12.1 Å². The zero-order valence-corrected chi connectivity index (χ0v) is 4.70. The molecule has 0 spiro atoms. The summed E-state index contributed by atoms with van der Waals surface area (Å²) >= 11 is 0. The van der Waals surface area contributed by atoms with Gasteiger partial charge in [0.15, 0.2) is 5.49 Å². The fourth-order valence-corrected chi connectivity index (χ4v) is 0.518. The zero-order valence-electron chi connectivity index (χ0n) is 4.70. The molecule has 0 aromatic carbocycles. The maximum absolute atomic E-state index is 8.81. The van der Waals surface area contributed by atoms with Gasteiger partial charge < -0.3 is 10.9 Å². The molecule has 0 amide bonds. The summed E-state index contributed by atoms with van der Waals surface area (Å²) in [6.45, 7) is 0. The van der Waals surface area contributed by atoms with Crippen LogP contribution in [0.15, 0.2) is 18.2 Å². The highest BCUT2D eigenvalue weighted by atomic mass is 16.5. The molecule has 1 aromatic rings. The average molecular weight is 125 g/mol. The number of hydrogen-bond donors (Lipinski definition) is 3. The molecule has 0 fully saturated rings. The van der Waals surface area contributed by atoms with Crippen LogP contribution in [0, 0.1) is 5.41 Å². The SMILES string of the molecule is N=c1cccc(N)n1O. The van der Waals surface area contributed by atoms with Gasteiger partial charge in [-0.15, -0.1) is 0 Å². The van der Waals surface area contributed by atoms with Gasteiger partial charge in [0, 0.05) is 0 Å². The Morgan fingerprint density at radius 1 is 1.56 bits per heavy atom. The van der Waals surface area contributed by atoms with Crippen molar-refractivity contribution in [3.63, 3.8) is 0 Å². The lowest BCUT2D eigenvalue weighted by molar-refractivity contribution is 0.177. The van der Waals surface area contributed by atoms with Gasteiger partial charge in [-0.3, -0.25) is 5.41 Å². The van der Waals surface area contributed by atoms with E-state index in [1.54, 1.807) is 6.07 Å². The standard InChI is InChI=1S/C5H7N3O/c6-4-2-1-3-5(7)8(4)9/h1-3,6,9H,7H2. The monoisotopic (exact) mass is 125 g/mol. The minimum absolute atomic E-state index is 0.0185. The van der Waals surface area contributed by atoms with Crippen LogP contribution in [-0.2, 0) is 0 Å². The molecule has 1 aromatic heterocycles. The van der Waals surface area contributed by atoms with Gasteiger partial charge in [-0.2, -0.15) is 4.73 Å². The van der Waals surface area contributed by atoms with E-state index in [9.17, 15) is 0 Å². The number of rotatable bonds is 0. The van der Waals surface area contributed by atoms with Gasteiger partial charge >= 0.3 is 0 Å². The highest BCUT2D eigenvalue weighted by molar-refractivity contribution is 5.26. The highest BCUT2D eigenvalue weighted by Gasteiger charge is 1.89. The molecule has 0 aliphatic carbocycles. The summed E-state index contributed by atoms with van der Waals surface area (Å²) in [4.78, 5) is 0. The van der Waals surface area contributed by atoms with Gasteiger partial charge in [-0.25, -0.2) is 0 Å². The summed E-state index contributed by atoms with van der Waals surface area (Å²) in [6, 6.07) is 4.55. The average Bonchev–Trinajstić information content (AvgIpc) is 1.83. The third kappa shape index (κ3) is 0.861. The van der Waals surface area contributed by atoms with E-state index in [4.69, 9.17) is 16.4 Å². The van der Waals surface area contributed by atoms with Crippen LogP contribution < -0.4 is 11.2 Å². The van der Waals surface area contributed by atoms with Gasteiger partial charge in [0.2, 0.25) is 0 Å². The van der Waals surface area contributed by atoms with Gasteiger partial charge in [0.05, 0.1) is 0 Å². The maximum Gasteiger partial charge on any atom is 0.162 e. The third-order valence-electron chi connectivity index (χ3n) is 0.994. The Morgan fingerprint density at radius 2 is 2.22 bits per heavy atom. The van der Waals surface area contributed by atoms with E-state index in [1.807, 2.05) is 0 Å². The van der Waals surface area contributed by atoms with Gasteiger partial charge in [-0.05, 0) is 12.1 Å². The van der Waals surface area contributed by atoms with Crippen molar-refractivity contribution in [2.24, 2.45) is 0 Å². The van der Waals surface area contributed by atoms with Crippen molar-refractivity contribution in [1.82, 2.24) is 4.73 Å². The van der Waals surface area contributed by atoms with Crippen LogP contribution in [0.1, 0.15) is 0 Å². The summed E-state index contributed by atoms with van der Waals surface area (Å²) < 4.78 is 0.611. The molecule has 0 atom stereocenters. The smallest absolute Gasteiger partial charge is 0.162 e. The largest absolute Gasteiger partial charge is 0.425 e. The van der Waals surface area contributed by atoms with E-state index in [2.05, 4.69) is 0 Å². The predicted molar refractivity (Wildman–Crippen MR) is 31.9 cm³/mol. The van der Waals surface area contributed by atoms with Crippen molar-refractivity contribution in [2.75, 3.05) is 5.73 Å². The van der Waals surface area contributed by atoms with Gasteiger partial charge in [0.1, 0.15) is 5.82 Å². The second-order valence-corrected chi connectivity index (χ2v) is 1.65. The minimum atomic E-state index is -0.0185. The van der Waals surface area contributed by atoms with Crippen LogP contribution in [0.5, 0.6) is 0 Å². The van der Waals surface area contributed by atoms with Crippen LogP contribution >= 0.6 is 0 Å². The van der Waals surface area contributed by atoms with Crippen molar-refractivity contribution in [2.45, 2.75) is 0 Å². The molecule has 1 rings (SSSR count). The van der Waals surface area contributed by atoms with E-state index >= 15 is 0 Å². The Balaban J connectivity index is 3.43. The van der Waals surface area contributed by atoms with Crippen molar-refractivity contribution >= 4 is 5.82 Å². The fourth-order valence-electron chi connectivity index (χ4n) is 0.518. The van der Waals surface area contributed by atoms with Crippen LogP contribution in [-0.4, -0.2) is 9.94 Å². The third-order valence-corrected chi connectivity index (χ3v) is 0.994. The molecular weight excluding hydrogens is 118 g/mol. The molecule has 0 radical (unpaired) electrons. The first-order chi connectivity index (χ1) is 4.22. The summed E-state index contributed by atoms with van der Waals surface area (Å²) in [5.74, 6) is 0.169. The maximum atomic E-state index is 8.81. The normalized spacial score (nSPS) is 9.33. The number of pyridine rings is 1.